The molecule has 3 atom stereocenters. The van der Waals surface area contributed by atoms with Crippen LogP contribution >= 0.6 is 0 Å². The number of fused-ring (bicyclic) bond motifs is 2. The molecule has 3 aliphatic rings. The third kappa shape index (κ3) is 3.97. The van der Waals surface area contributed by atoms with E-state index in [-0.39, 0.29) is 30.0 Å². The summed E-state index contributed by atoms with van der Waals surface area (Å²) in [6.07, 6.45) is 1.88. The summed E-state index contributed by atoms with van der Waals surface area (Å²) < 4.78 is 38.9. The maximum atomic E-state index is 13.0. The fourth-order valence-corrected chi connectivity index (χ4v) is 5.12. The average molecular weight is 397 g/mol. The minimum absolute atomic E-state index is 0.115. The molecule has 4 heterocycles. The number of carbonyl (C=O) groups excluding carboxylic acids is 1. The first-order valence-corrected chi connectivity index (χ1v) is 10.1. The topological polar surface area (TPSA) is 56.7 Å². The van der Waals surface area contributed by atoms with E-state index in [0.29, 0.717) is 38.2 Å². The number of amides is 1. The first-order valence-electron chi connectivity index (χ1n) is 10.1. The Morgan fingerprint density at radius 3 is 2.61 bits per heavy atom. The summed E-state index contributed by atoms with van der Waals surface area (Å²) in [6, 6.07) is 2.36. The van der Waals surface area contributed by atoms with Crippen molar-refractivity contribution in [3.8, 4) is 0 Å². The number of rotatable bonds is 3. The van der Waals surface area contributed by atoms with Crippen LogP contribution in [0.4, 0.5) is 19.0 Å². The summed E-state index contributed by atoms with van der Waals surface area (Å²) in [7, 11) is 0. The van der Waals surface area contributed by atoms with Gasteiger partial charge in [0, 0.05) is 37.8 Å². The smallest absolute Gasteiger partial charge is 0.393 e. The second kappa shape index (κ2) is 7.54. The first-order chi connectivity index (χ1) is 13.3. The van der Waals surface area contributed by atoms with E-state index < -0.39 is 11.7 Å². The molecule has 1 aromatic rings. The first kappa shape index (κ1) is 19.5. The minimum atomic E-state index is -4.39. The van der Waals surface area contributed by atoms with Crippen molar-refractivity contribution in [2.45, 2.75) is 69.3 Å². The van der Waals surface area contributed by atoms with Crippen LogP contribution in [-0.4, -0.2) is 52.2 Å². The van der Waals surface area contributed by atoms with Crippen molar-refractivity contribution in [3.05, 3.63) is 23.9 Å². The molecule has 2 bridgehead atoms. The minimum Gasteiger partial charge on any atom is -0.393 e. The number of aromatic nitrogens is 1. The molecule has 3 aliphatic heterocycles. The molecule has 1 N–H and O–H groups in total. The van der Waals surface area contributed by atoms with E-state index in [0.717, 1.165) is 37.8 Å². The fourth-order valence-electron chi connectivity index (χ4n) is 5.12. The van der Waals surface area contributed by atoms with Crippen LogP contribution in [0.2, 0.25) is 0 Å². The third-order valence-corrected chi connectivity index (χ3v) is 6.38. The summed E-state index contributed by atoms with van der Waals surface area (Å²) in [5.74, 6) is 0.570. The SMILES string of the molecule is O=C(CC1CCCN(c2cc(C(F)(F)F)ccn2)C1)N1C2CCC1CC(O)C2. The quantitative estimate of drug-likeness (QED) is 0.851. The number of carbonyl (C=O) groups is 1. The number of hydrogen-bond acceptors (Lipinski definition) is 4. The standard InChI is InChI=1S/C20H26F3N3O2/c21-20(22,23)14-5-6-24-18(9-14)25-7-1-2-13(12-25)8-19(28)26-15-3-4-16(26)11-17(27)10-15/h5-6,9,13,15-17,27H,1-4,7-8,10-12H2. The number of halogens is 3. The van der Waals surface area contributed by atoms with Crippen molar-refractivity contribution in [3.63, 3.8) is 0 Å². The maximum absolute atomic E-state index is 13.0. The lowest BCUT2D eigenvalue weighted by atomic mass is 9.92. The van der Waals surface area contributed by atoms with Crippen LogP contribution in [0.25, 0.3) is 0 Å². The molecule has 1 amide bonds. The van der Waals surface area contributed by atoms with Gasteiger partial charge in [0.25, 0.3) is 0 Å². The van der Waals surface area contributed by atoms with Crippen LogP contribution < -0.4 is 4.90 Å². The van der Waals surface area contributed by atoms with Crippen molar-refractivity contribution in [2.24, 2.45) is 5.92 Å². The van der Waals surface area contributed by atoms with Gasteiger partial charge in [0.2, 0.25) is 5.91 Å². The Morgan fingerprint density at radius 2 is 1.93 bits per heavy atom. The average Bonchev–Trinajstić information content (AvgIpc) is 2.93. The van der Waals surface area contributed by atoms with Gasteiger partial charge >= 0.3 is 6.18 Å². The van der Waals surface area contributed by atoms with Gasteiger partial charge in [0.05, 0.1) is 11.7 Å². The largest absolute Gasteiger partial charge is 0.416 e. The van der Waals surface area contributed by atoms with E-state index in [2.05, 4.69) is 4.98 Å². The van der Waals surface area contributed by atoms with E-state index in [4.69, 9.17) is 0 Å². The van der Waals surface area contributed by atoms with Crippen molar-refractivity contribution in [1.29, 1.82) is 0 Å². The highest BCUT2D eigenvalue weighted by Crippen LogP contribution is 2.37. The van der Waals surface area contributed by atoms with Gasteiger partial charge in [-0.2, -0.15) is 13.2 Å². The zero-order valence-corrected chi connectivity index (χ0v) is 15.7. The Bertz CT molecular complexity index is 713. The molecule has 0 spiro atoms. The number of hydrogen-bond donors (Lipinski definition) is 1. The molecule has 0 aromatic carbocycles. The Morgan fingerprint density at radius 1 is 1.21 bits per heavy atom. The summed E-state index contributed by atoms with van der Waals surface area (Å²) in [5, 5.41) is 9.92. The van der Waals surface area contributed by atoms with Gasteiger partial charge in [0.1, 0.15) is 5.82 Å². The Labute approximate surface area is 162 Å². The molecule has 0 saturated carbocycles. The number of aliphatic hydroxyl groups is 1. The molecule has 0 aliphatic carbocycles. The van der Waals surface area contributed by atoms with Gasteiger partial charge in [-0.1, -0.05) is 0 Å². The fraction of sp³-hybridized carbons (Fsp3) is 0.700. The highest BCUT2D eigenvalue weighted by atomic mass is 19.4. The molecule has 154 valence electrons. The van der Waals surface area contributed by atoms with Gasteiger partial charge < -0.3 is 14.9 Å². The van der Waals surface area contributed by atoms with Crippen LogP contribution in [0.3, 0.4) is 0 Å². The molecule has 3 fully saturated rings. The highest BCUT2D eigenvalue weighted by Gasteiger charge is 2.43. The summed E-state index contributed by atoms with van der Waals surface area (Å²) >= 11 is 0. The zero-order valence-electron chi connectivity index (χ0n) is 15.7. The molecule has 8 heteroatoms. The number of anilines is 1. The predicted octanol–water partition coefficient (Wildman–Crippen LogP) is 3.22. The van der Waals surface area contributed by atoms with Crippen LogP contribution in [-0.2, 0) is 11.0 Å². The Hall–Kier alpha value is -1.83. The van der Waals surface area contributed by atoms with Gasteiger partial charge in [0.15, 0.2) is 0 Å². The number of aliphatic hydroxyl groups excluding tert-OH is 1. The van der Waals surface area contributed by atoms with E-state index >= 15 is 0 Å². The Kier molecular flexibility index (Phi) is 5.24. The molecular formula is C20H26F3N3O2. The number of pyridine rings is 1. The normalized spacial score (nSPS) is 30.6. The van der Waals surface area contributed by atoms with E-state index in [9.17, 15) is 23.1 Å². The monoisotopic (exact) mass is 397 g/mol. The lowest BCUT2D eigenvalue weighted by Gasteiger charge is -2.39. The summed E-state index contributed by atoms with van der Waals surface area (Å²) in [6.45, 7) is 1.20. The van der Waals surface area contributed by atoms with Crippen LogP contribution in [0.1, 0.15) is 50.5 Å². The van der Waals surface area contributed by atoms with Gasteiger partial charge in [-0.25, -0.2) is 4.98 Å². The van der Waals surface area contributed by atoms with Crippen LogP contribution in [0.15, 0.2) is 18.3 Å². The lowest BCUT2D eigenvalue weighted by molar-refractivity contribution is -0.139. The summed E-state index contributed by atoms with van der Waals surface area (Å²) in [5.41, 5.74) is -0.695. The Balaban J connectivity index is 1.40. The molecule has 28 heavy (non-hydrogen) atoms. The number of nitrogens with zero attached hydrogens (tertiary/aromatic N) is 3. The zero-order chi connectivity index (χ0) is 19.9. The molecule has 1 aromatic heterocycles. The number of piperidine rings is 2. The second-order valence-electron chi connectivity index (χ2n) is 8.37. The van der Waals surface area contributed by atoms with Crippen LogP contribution in [0, 0.1) is 5.92 Å². The molecule has 5 nitrogen and oxygen atoms in total. The van der Waals surface area contributed by atoms with Crippen molar-refractivity contribution in [1.82, 2.24) is 9.88 Å². The molecular weight excluding hydrogens is 371 g/mol. The lowest BCUT2D eigenvalue weighted by Crippen LogP contribution is -2.49. The molecule has 4 rings (SSSR count). The van der Waals surface area contributed by atoms with Gasteiger partial charge in [-0.3, -0.25) is 4.79 Å². The van der Waals surface area contributed by atoms with E-state index in [1.165, 1.54) is 6.20 Å². The third-order valence-electron chi connectivity index (χ3n) is 6.38. The highest BCUT2D eigenvalue weighted by molar-refractivity contribution is 5.77. The van der Waals surface area contributed by atoms with Crippen molar-refractivity contribution >= 4 is 11.7 Å². The van der Waals surface area contributed by atoms with Crippen LogP contribution in [0.5, 0.6) is 0 Å². The van der Waals surface area contributed by atoms with E-state index in [1.54, 1.807) is 0 Å². The maximum Gasteiger partial charge on any atom is 0.416 e. The second-order valence-corrected chi connectivity index (χ2v) is 8.37. The number of alkyl halides is 3. The van der Waals surface area contributed by atoms with Gasteiger partial charge in [-0.05, 0) is 56.6 Å². The molecule has 0 radical (unpaired) electrons. The van der Waals surface area contributed by atoms with Crippen molar-refractivity contribution < 1.29 is 23.1 Å². The van der Waals surface area contributed by atoms with E-state index in [1.807, 2.05) is 9.80 Å². The van der Waals surface area contributed by atoms with Crippen molar-refractivity contribution in [2.75, 3.05) is 18.0 Å². The molecule has 3 saturated heterocycles. The van der Waals surface area contributed by atoms with Gasteiger partial charge in [-0.15, -0.1) is 0 Å². The molecule has 3 unspecified atom stereocenters. The summed E-state index contributed by atoms with van der Waals surface area (Å²) in [4.78, 5) is 20.9. The predicted molar refractivity (Wildman–Crippen MR) is 97.7 cm³/mol.